The van der Waals surface area contributed by atoms with Crippen LogP contribution >= 0.6 is 11.8 Å². The van der Waals surface area contributed by atoms with E-state index in [0.717, 1.165) is 18.2 Å². The molecule has 0 aliphatic heterocycles. The minimum Gasteiger partial charge on any atom is -0.550 e. The summed E-state index contributed by atoms with van der Waals surface area (Å²) in [5, 5.41) is 44.3. The normalized spacial score (nSPS) is 26.3. The molecule has 0 amide bonds. The highest BCUT2D eigenvalue weighted by atomic mass is 32.2. The first-order valence-corrected chi connectivity index (χ1v) is 13.9. The van der Waals surface area contributed by atoms with Crippen molar-refractivity contribution in [1.82, 2.24) is 25.0 Å². The molecule has 11 nitrogen and oxygen atoms in total. The number of aromatic nitrogens is 5. The maximum atomic E-state index is 13.7. The quantitative estimate of drug-likeness (QED) is 0.167. The third kappa shape index (κ3) is 5.98. The second-order valence-corrected chi connectivity index (χ2v) is 10.9. The van der Waals surface area contributed by atoms with Gasteiger partial charge in [-0.05, 0) is 43.4 Å². The lowest BCUT2D eigenvalue weighted by atomic mass is 10.1. The zero-order chi connectivity index (χ0) is 27.7. The maximum Gasteiger partial charge on any atom is 0.191 e. The van der Waals surface area contributed by atoms with Crippen molar-refractivity contribution in [3.8, 4) is 0 Å². The molecule has 0 saturated heterocycles. The first-order chi connectivity index (χ1) is 18.8. The molecule has 39 heavy (non-hydrogen) atoms. The number of benzene rings is 1. The molecule has 5 rings (SSSR count). The van der Waals surface area contributed by atoms with Crippen LogP contribution in [0.25, 0.3) is 11.2 Å². The summed E-state index contributed by atoms with van der Waals surface area (Å²) in [5.74, 6) is -1.75. The Morgan fingerprint density at radius 1 is 1.23 bits per heavy atom. The van der Waals surface area contributed by atoms with Gasteiger partial charge in [0.05, 0.1) is 12.1 Å². The molecular weight excluding hydrogens is 534 g/mol. The van der Waals surface area contributed by atoms with E-state index in [1.54, 1.807) is 6.07 Å². The van der Waals surface area contributed by atoms with Gasteiger partial charge >= 0.3 is 0 Å². The van der Waals surface area contributed by atoms with E-state index < -0.39 is 42.0 Å². The number of nitrogens with one attached hydrogen (secondary N) is 1. The number of halogens is 2. The number of carbonyl (C=O) groups excluding carboxylic acids is 1. The van der Waals surface area contributed by atoms with Crippen LogP contribution < -0.4 is 10.4 Å². The molecule has 0 bridgehead atoms. The van der Waals surface area contributed by atoms with Crippen LogP contribution in [0.15, 0.2) is 23.4 Å². The van der Waals surface area contributed by atoms with Crippen LogP contribution in [0.5, 0.6) is 0 Å². The van der Waals surface area contributed by atoms with Crippen LogP contribution in [0.4, 0.5) is 14.6 Å². The van der Waals surface area contributed by atoms with Gasteiger partial charge in [-0.2, -0.15) is 0 Å². The number of carboxylic acid groups (broad SMARTS) is 1. The Morgan fingerprint density at radius 3 is 2.79 bits per heavy atom. The summed E-state index contributed by atoms with van der Waals surface area (Å²) >= 11 is 1.46. The van der Waals surface area contributed by atoms with Gasteiger partial charge in [0.25, 0.3) is 0 Å². The van der Waals surface area contributed by atoms with Gasteiger partial charge in [-0.25, -0.2) is 23.4 Å². The average Bonchev–Trinajstić information content (AvgIpc) is 3.45. The van der Waals surface area contributed by atoms with Crippen LogP contribution in [0, 0.1) is 11.6 Å². The first kappa shape index (κ1) is 27.6. The molecule has 2 heterocycles. The highest BCUT2D eigenvalue weighted by molar-refractivity contribution is 7.99. The molecule has 6 atom stereocenters. The molecule has 210 valence electrons. The smallest absolute Gasteiger partial charge is 0.191 e. The van der Waals surface area contributed by atoms with Gasteiger partial charge in [0, 0.05) is 36.7 Å². The zero-order valence-corrected chi connectivity index (χ0v) is 22.0. The van der Waals surface area contributed by atoms with Gasteiger partial charge in [0.1, 0.15) is 12.2 Å². The molecule has 0 radical (unpaired) electrons. The second kappa shape index (κ2) is 11.7. The van der Waals surface area contributed by atoms with Crippen LogP contribution in [0.3, 0.4) is 0 Å². The number of aliphatic hydroxyl groups is 2. The first-order valence-electron chi connectivity index (χ1n) is 12.9. The lowest BCUT2D eigenvalue weighted by Crippen LogP contribution is -2.33. The summed E-state index contributed by atoms with van der Waals surface area (Å²) in [7, 11) is 0. The number of aliphatic carboxylic acids is 1. The zero-order valence-electron chi connectivity index (χ0n) is 21.2. The predicted molar refractivity (Wildman–Crippen MR) is 135 cm³/mol. The van der Waals surface area contributed by atoms with Gasteiger partial charge in [-0.15, -0.1) is 5.10 Å². The molecular formula is C25H29F2N6O5S-. The van der Waals surface area contributed by atoms with Crippen LogP contribution in [-0.2, 0) is 9.53 Å². The van der Waals surface area contributed by atoms with Crippen LogP contribution in [0.1, 0.15) is 56.6 Å². The van der Waals surface area contributed by atoms with Crippen molar-refractivity contribution in [3.63, 3.8) is 0 Å². The largest absolute Gasteiger partial charge is 0.550 e. The van der Waals surface area contributed by atoms with E-state index in [1.807, 2.05) is 6.92 Å². The minimum atomic E-state index is -1.21. The van der Waals surface area contributed by atoms with E-state index in [1.165, 1.54) is 22.5 Å². The molecule has 0 unspecified atom stereocenters. The second-order valence-electron chi connectivity index (χ2n) is 9.85. The summed E-state index contributed by atoms with van der Waals surface area (Å²) in [4.78, 5) is 19.9. The van der Waals surface area contributed by atoms with Crippen molar-refractivity contribution < 1.29 is 33.6 Å². The molecule has 2 saturated carbocycles. The Morgan fingerprint density at radius 2 is 2.05 bits per heavy atom. The van der Waals surface area contributed by atoms with Crippen LogP contribution in [-0.4, -0.2) is 77.9 Å². The summed E-state index contributed by atoms with van der Waals surface area (Å²) in [6, 6.07) is 3.15. The number of thioether (sulfide) groups is 1. The molecule has 2 aliphatic rings. The standard InChI is InChI=1S/C25H30F2N6O5S/c1-2-8-39-25-29-23(28-16-10-13(16)12-5-6-14(26)15(27)9-12)20-24(30-25)33(32-31-20)17-11-18(22(37)21(17)36)38-7-3-4-19(34)35/h5-6,9,13,16-18,21-22,36-37H,2-4,7-8,10-11H2,1H3,(H,34,35)(H,28,29,30)/p-1/t13-,16+,17+,18-,21-,22+/m0/s1. The maximum absolute atomic E-state index is 13.7. The van der Waals surface area contributed by atoms with Gasteiger partial charge in [0.2, 0.25) is 0 Å². The van der Waals surface area contributed by atoms with Crippen molar-refractivity contribution >= 4 is 34.7 Å². The van der Waals surface area contributed by atoms with Crippen molar-refractivity contribution in [2.75, 3.05) is 17.7 Å². The molecule has 2 fully saturated rings. The van der Waals surface area contributed by atoms with Crippen molar-refractivity contribution in [1.29, 1.82) is 0 Å². The van der Waals surface area contributed by atoms with E-state index in [-0.39, 0.29) is 37.8 Å². The van der Waals surface area contributed by atoms with Gasteiger partial charge in [-0.3, -0.25) is 0 Å². The number of nitrogens with zero attached hydrogens (tertiary/aromatic N) is 5. The summed E-state index contributed by atoms with van der Waals surface area (Å²) in [5.41, 5.74) is 1.45. The van der Waals surface area contributed by atoms with Gasteiger partial charge in [-0.1, -0.05) is 30.0 Å². The lowest BCUT2D eigenvalue weighted by molar-refractivity contribution is -0.306. The summed E-state index contributed by atoms with van der Waals surface area (Å²) in [6.07, 6.45) is -1.24. The molecule has 14 heteroatoms. The fourth-order valence-corrected chi connectivity index (χ4v) is 5.55. The molecule has 3 N–H and O–H groups in total. The molecule has 2 aliphatic carbocycles. The number of ether oxygens (including phenoxy) is 1. The van der Waals surface area contributed by atoms with Gasteiger partial charge < -0.3 is 30.2 Å². The highest BCUT2D eigenvalue weighted by Gasteiger charge is 2.45. The lowest BCUT2D eigenvalue weighted by Gasteiger charge is -2.17. The Bertz CT molecular complexity index is 1350. The molecule has 3 aromatic rings. The number of aliphatic hydroxyl groups excluding tert-OH is 2. The van der Waals surface area contributed by atoms with E-state index in [0.29, 0.717) is 34.1 Å². The molecule has 2 aromatic heterocycles. The minimum absolute atomic E-state index is 0.0199. The predicted octanol–water partition coefficient (Wildman–Crippen LogP) is 1.55. The Hall–Kier alpha value is -2.94. The third-order valence-electron chi connectivity index (χ3n) is 6.99. The Balaban J connectivity index is 1.37. The number of hydrogen-bond acceptors (Lipinski definition) is 11. The summed E-state index contributed by atoms with van der Waals surface area (Å²) in [6.45, 7) is 2.14. The highest BCUT2D eigenvalue weighted by Crippen LogP contribution is 2.44. The number of carboxylic acids is 1. The molecule has 0 spiro atoms. The SMILES string of the molecule is CCCSc1nc(N[C@@H]2C[C@H]2c2ccc(F)c(F)c2)c2nnn([C@@H]3C[C@H](OCCCC(=O)[O-])[C@@H](O)[C@H]3O)c2n1. The third-order valence-corrected chi connectivity index (χ3v) is 8.05. The van der Waals surface area contributed by atoms with E-state index in [4.69, 9.17) is 4.74 Å². The monoisotopic (exact) mass is 563 g/mol. The van der Waals surface area contributed by atoms with Crippen molar-refractivity contribution in [3.05, 3.63) is 35.4 Å². The van der Waals surface area contributed by atoms with Crippen LogP contribution in [0.2, 0.25) is 0 Å². The average molecular weight is 564 g/mol. The Labute approximate surface area is 227 Å². The number of anilines is 1. The molecule has 1 aromatic carbocycles. The summed E-state index contributed by atoms with van der Waals surface area (Å²) < 4.78 is 34.2. The number of hydrogen-bond donors (Lipinski definition) is 3. The number of rotatable bonds is 12. The van der Waals surface area contributed by atoms with Crippen molar-refractivity contribution in [2.24, 2.45) is 0 Å². The van der Waals surface area contributed by atoms with E-state index in [2.05, 4.69) is 25.6 Å². The van der Waals surface area contributed by atoms with Crippen molar-refractivity contribution in [2.45, 2.75) is 80.5 Å². The van der Waals surface area contributed by atoms with Gasteiger partial charge in [0.15, 0.2) is 33.8 Å². The fraction of sp³-hybridized carbons (Fsp3) is 0.560. The number of carbonyl (C=O) groups is 1. The van der Waals surface area contributed by atoms with E-state index in [9.17, 15) is 28.9 Å². The Kier molecular flexibility index (Phi) is 8.26. The topological polar surface area (TPSA) is 158 Å². The number of fused-ring (bicyclic) bond motifs is 1. The van der Waals surface area contributed by atoms with E-state index >= 15 is 0 Å². The fourth-order valence-electron chi connectivity index (χ4n) is 4.86.